The van der Waals surface area contributed by atoms with Gasteiger partial charge < -0.3 is 10.1 Å². The summed E-state index contributed by atoms with van der Waals surface area (Å²) in [5.41, 5.74) is 1.31. The molecule has 0 spiro atoms. The topological polar surface area (TPSA) is 92.8 Å². The highest BCUT2D eigenvalue weighted by Crippen LogP contribution is 2.13. The zero-order valence-electron chi connectivity index (χ0n) is 15.5. The third-order valence-corrected chi connectivity index (χ3v) is 4.94. The lowest BCUT2D eigenvalue weighted by Crippen LogP contribution is -2.36. The van der Waals surface area contributed by atoms with Gasteiger partial charge in [0.2, 0.25) is 15.9 Å². The van der Waals surface area contributed by atoms with Crippen LogP contribution in [0.15, 0.2) is 48.5 Å². The lowest BCUT2D eigenvalue weighted by molar-refractivity contribution is -0.116. The van der Waals surface area contributed by atoms with Crippen LogP contribution in [0.3, 0.4) is 0 Å². The standard InChI is InChI=1S/C19H21FN2O5S/c1-3-27-19(24)15-6-10-17(11-7-15)21-18(23)13-22(28(2,25)26)12-14-4-8-16(20)9-5-14/h4-11H,3,12-13H2,1-2H3,(H,21,23). The van der Waals surface area contributed by atoms with E-state index in [-0.39, 0.29) is 13.2 Å². The molecule has 0 unspecified atom stereocenters. The monoisotopic (exact) mass is 408 g/mol. The van der Waals surface area contributed by atoms with Gasteiger partial charge in [0.1, 0.15) is 5.82 Å². The summed E-state index contributed by atoms with van der Waals surface area (Å²) in [7, 11) is -3.67. The molecule has 150 valence electrons. The van der Waals surface area contributed by atoms with Gasteiger partial charge in [0.15, 0.2) is 0 Å². The molecule has 0 bridgehead atoms. The molecule has 7 nitrogen and oxygen atoms in total. The average Bonchev–Trinajstić information content (AvgIpc) is 2.63. The van der Waals surface area contributed by atoms with E-state index in [9.17, 15) is 22.4 Å². The van der Waals surface area contributed by atoms with Crippen molar-refractivity contribution in [2.75, 3.05) is 24.7 Å². The SMILES string of the molecule is CCOC(=O)c1ccc(NC(=O)CN(Cc2ccc(F)cc2)S(C)(=O)=O)cc1. The van der Waals surface area contributed by atoms with Crippen molar-refractivity contribution >= 4 is 27.6 Å². The number of amides is 1. The zero-order valence-corrected chi connectivity index (χ0v) is 16.3. The van der Waals surface area contributed by atoms with Crippen molar-refractivity contribution in [2.24, 2.45) is 0 Å². The van der Waals surface area contributed by atoms with E-state index in [0.29, 0.717) is 16.8 Å². The maximum absolute atomic E-state index is 13.0. The molecule has 2 aromatic carbocycles. The molecular formula is C19H21FN2O5S. The van der Waals surface area contributed by atoms with Gasteiger partial charge in [0.05, 0.1) is 25.0 Å². The molecule has 2 aromatic rings. The van der Waals surface area contributed by atoms with E-state index in [1.54, 1.807) is 6.92 Å². The third-order valence-electron chi connectivity index (χ3n) is 3.74. The van der Waals surface area contributed by atoms with Crippen LogP contribution in [0, 0.1) is 5.82 Å². The molecule has 0 heterocycles. The summed E-state index contributed by atoms with van der Waals surface area (Å²) < 4.78 is 42.9. The molecule has 0 saturated heterocycles. The van der Waals surface area contributed by atoms with Gasteiger partial charge in [-0.05, 0) is 48.9 Å². The summed E-state index contributed by atoms with van der Waals surface area (Å²) >= 11 is 0. The maximum Gasteiger partial charge on any atom is 0.338 e. The molecule has 0 fully saturated rings. The minimum atomic E-state index is -3.67. The Hall–Kier alpha value is -2.78. The number of carbonyl (C=O) groups is 2. The molecular weight excluding hydrogens is 387 g/mol. The van der Waals surface area contributed by atoms with Gasteiger partial charge in [-0.15, -0.1) is 0 Å². The van der Waals surface area contributed by atoms with Crippen molar-refractivity contribution in [3.8, 4) is 0 Å². The minimum Gasteiger partial charge on any atom is -0.462 e. The van der Waals surface area contributed by atoms with E-state index >= 15 is 0 Å². The first-order valence-electron chi connectivity index (χ1n) is 8.45. The first-order chi connectivity index (χ1) is 13.2. The van der Waals surface area contributed by atoms with Gasteiger partial charge in [0, 0.05) is 12.2 Å². The Morgan fingerprint density at radius 2 is 1.68 bits per heavy atom. The van der Waals surface area contributed by atoms with Crippen LogP contribution < -0.4 is 5.32 Å². The molecule has 9 heteroatoms. The van der Waals surface area contributed by atoms with E-state index in [0.717, 1.165) is 10.6 Å². The number of anilines is 1. The molecule has 0 saturated carbocycles. The molecule has 2 rings (SSSR count). The van der Waals surface area contributed by atoms with Gasteiger partial charge in [-0.1, -0.05) is 12.1 Å². The number of carbonyl (C=O) groups excluding carboxylic acids is 2. The molecule has 1 amide bonds. The first-order valence-corrected chi connectivity index (χ1v) is 10.3. The van der Waals surface area contributed by atoms with Crippen LogP contribution in [0.4, 0.5) is 10.1 Å². The Balaban J connectivity index is 2.03. The number of rotatable bonds is 8. The van der Waals surface area contributed by atoms with E-state index < -0.39 is 34.3 Å². The Morgan fingerprint density at radius 1 is 1.07 bits per heavy atom. The number of esters is 1. The van der Waals surface area contributed by atoms with Crippen molar-refractivity contribution in [3.63, 3.8) is 0 Å². The summed E-state index contributed by atoms with van der Waals surface area (Å²) in [6, 6.07) is 11.4. The zero-order chi connectivity index (χ0) is 20.7. The molecule has 28 heavy (non-hydrogen) atoms. The number of nitrogens with one attached hydrogen (secondary N) is 1. The van der Waals surface area contributed by atoms with E-state index in [1.165, 1.54) is 48.5 Å². The van der Waals surface area contributed by atoms with Crippen LogP contribution in [0.25, 0.3) is 0 Å². The largest absolute Gasteiger partial charge is 0.462 e. The molecule has 0 atom stereocenters. The van der Waals surface area contributed by atoms with E-state index in [4.69, 9.17) is 4.74 Å². The number of nitrogens with zero attached hydrogens (tertiary/aromatic N) is 1. The Bertz CT molecular complexity index is 928. The molecule has 0 aliphatic rings. The van der Waals surface area contributed by atoms with Gasteiger partial charge in [0.25, 0.3) is 0 Å². The number of sulfonamides is 1. The van der Waals surface area contributed by atoms with Crippen LogP contribution in [0.2, 0.25) is 0 Å². The highest BCUT2D eigenvalue weighted by atomic mass is 32.2. The summed E-state index contributed by atoms with van der Waals surface area (Å²) in [6.07, 6.45) is 0.998. The Labute approximate surface area is 163 Å². The normalized spacial score (nSPS) is 11.3. The molecule has 0 aliphatic carbocycles. The van der Waals surface area contributed by atoms with Crippen LogP contribution in [0.5, 0.6) is 0 Å². The van der Waals surface area contributed by atoms with Crippen molar-refractivity contribution in [1.82, 2.24) is 4.31 Å². The number of halogens is 1. The molecule has 0 radical (unpaired) electrons. The summed E-state index contributed by atoms with van der Waals surface area (Å²) in [6.45, 7) is 1.49. The minimum absolute atomic E-state index is 0.0612. The van der Waals surface area contributed by atoms with Gasteiger partial charge in [-0.2, -0.15) is 4.31 Å². The second kappa shape index (κ2) is 9.43. The fourth-order valence-electron chi connectivity index (χ4n) is 2.35. The summed E-state index contributed by atoms with van der Waals surface area (Å²) in [5, 5.41) is 2.58. The molecule has 0 aromatic heterocycles. The van der Waals surface area contributed by atoms with Crippen LogP contribution in [-0.2, 0) is 26.1 Å². The first kappa shape index (κ1) is 21.5. The molecule has 0 aliphatic heterocycles. The molecule has 1 N–H and O–H groups in total. The second-order valence-corrected chi connectivity index (χ2v) is 7.99. The number of hydrogen-bond acceptors (Lipinski definition) is 5. The van der Waals surface area contributed by atoms with Gasteiger partial charge in [-0.3, -0.25) is 4.79 Å². The van der Waals surface area contributed by atoms with E-state index in [2.05, 4.69) is 5.32 Å². The van der Waals surface area contributed by atoms with Crippen LogP contribution >= 0.6 is 0 Å². The lowest BCUT2D eigenvalue weighted by atomic mass is 10.2. The summed E-state index contributed by atoms with van der Waals surface area (Å²) in [4.78, 5) is 23.9. The number of benzene rings is 2. The lowest BCUT2D eigenvalue weighted by Gasteiger charge is -2.19. The fourth-order valence-corrected chi connectivity index (χ4v) is 3.08. The number of hydrogen-bond donors (Lipinski definition) is 1. The van der Waals surface area contributed by atoms with Crippen molar-refractivity contribution in [1.29, 1.82) is 0 Å². The Kier molecular flexibility index (Phi) is 7.24. The number of ether oxygens (including phenoxy) is 1. The summed E-state index contributed by atoms with van der Waals surface area (Å²) in [5.74, 6) is -1.45. The quantitative estimate of drug-likeness (QED) is 0.677. The van der Waals surface area contributed by atoms with Crippen LogP contribution in [0.1, 0.15) is 22.8 Å². The maximum atomic E-state index is 13.0. The van der Waals surface area contributed by atoms with Crippen molar-refractivity contribution in [2.45, 2.75) is 13.5 Å². The van der Waals surface area contributed by atoms with Crippen molar-refractivity contribution in [3.05, 3.63) is 65.5 Å². The smallest absolute Gasteiger partial charge is 0.338 e. The van der Waals surface area contributed by atoms with E-state index in [1.807, 2.05) is 0 Å². The fraction of sp³-hybridized carbons (Fsp3) is 0.263. The highest BCUT2D eigenvalue weighted by Gasteiger charge is 2.21. The van der Waals surface area contributed by atoms with Crippen LogP contribution in [-0.4, -0.2) is 44.0 Å². The second-order valence-electron chi connectivity index (χ2n) is 6.00. The third kappa shape index (κ3) is 6.43. The van der Waals surface area contributed by atoms with Crippen molar-refractivity contribution < 1.29 is 27.1 Å². The van der Waals surface area contributed by atoms with Gasteiger partial charge >= 0.3 is 5.97 Å². The highest BCUT2D eigenvalue weighted by molar-refractivity contribution is 7.88. The predicted octanol–water partition coefficient (Wildman–Crippen LogP) is 2.40. The Morgan fingerprint density at radius 3 is 2.21 bits per heavy atom. The van der Waals surface area contributed by atoms with Gasteiger partial charge in [-0.25, -0.2) is 17.6 Å². The average molecular weight is 408 g/mol. The predicted molar refractivity (Wildman–Crippen MR) is 103 cm³/mol.